The lowest BCUT2D eigenvalue weighted by Crippen LogP contribution is -2.45. The van der Waals surface area contributed by atoms with Gasteiger partial charge in [-0.15, -0.1) is 0 Å². The highest BCUT2D eigenvalue weighted by molar-refractivity contribution is 7.99. The predicted octanol–water partition coefficient (Wildman–Crippen LogP) is 4.35. The number of nitriles is 1. The average Bonchev–Trinajstić information content (AvgIpc) is 2.63. The summed E-state index contributed by atoms with van der Waals surface area (Å²) in [6, 6.07) is 18.8. The van der Waals surface area contributed by atoms with Crippen molar-refractivity contribution in [1.29, 1.82) is 5.26 Å². The first kappa shape index (κ1) is 17.3. The normalized spacial score (nSPS) is 16.5. The first-order valence-electron chi connectivity index (χ1n) is 8.12. The average molecular weight is 358 g/mol. The van der Waals surface area contributed by atoms with Gasteiger partial charge in [-0.3, -0.25) is 4.90 Å². The Morgan fingerprint density at radius 2 is 1.83 bits per heavy atom. The van der Waals surface area contributed by atoms with E-state index in [9.17, 15) is 5.26 Å². The summed E-state index contributed by atoms with van der Waals surface area (Å²) in [4.78, 5) is 4.78. The highest BCUT2D eigenvalue weighted by Crippen LogP contribution is 2.36. The lowest BCUT2D eigenvalue weighted by atomic mass is 10.0. The van der Waals surface area contributed by atoms with Gasteiger partial charge in [-0.05, 0) is 35.9 Å². The summed E-state index contributed by atoms with van der Waals surface area (Å²) in [6.45, 7) is 3.92. The molecule has 0 saturated carbocycles. The molecular formula is C19H20ClN3S. The first-order valence-corrected chi connectivity index (χ1v) is 9.31. The SMILES string of the molecule is N#CC[C@@H](c1ccccc1Sc1ccc(Cl)cc1)N1CCNCC1. The minimum absolute atomic E-state index is 0.146. The molecule has 0 aliphatic carbocycles. The number of nitrogens with zero attached hydrogens (tertiary/aromatic N) is 2. The fourth-order valence-electron chi connectivity index (χ4n) is 2.99. The van der Waals surface area contributed by atoms with Crippen molar-refractivity contribution >= 4 is 23.4 Å². The Morgan fingerprint density at radius 1 is 1.12 bits per heavy atom. The first-order chi connectivity index (χ1) is 11.8. The van der Waals surface area contributed by atoms with Gasteiger partial charge in [0.25, 0.3) is 0 Å². The van der Waals surface area contributed by atoms with Crippen molar-refractivity contribution in [2.45, 2.75) is 22.3 Å². The van der Waals surface area contributed by atoms with Crippen LogP contribution in [0.4, 0.5) is 0 Å². The summed E-state index contributed by atoms with van der Waals surface area (Å²) >= 11 is 7.71. The second-order valence-electron chi connectivity index (χ2n) is 5.76. The molecule has 124 valence electrons. The fourth-order valence-corrected chi connectivity index (χ4v) is 4.12. The van der Waals surface area contributed by atoms with Crippen LogP contribution in [-0.4, -0.2) is 31.1 Å². The molecule has 3 rings (SSSR count). The van der Waals surface area contributed by atoms with Crippen molar-refractivity contribution < 1.29 is 0 Å². The van der Waals surface area contributed by atoms with E-state index in [1.54, 1.807) is 11.8 Å². The lowest BCUT2D eigenvalue weighted by Gasteiger charge is -2.34. The summed E-state index contributed by atoms with van der Waals surface area (Å²) in [5, 5.41) is 13.5. The second kappa shape index (κ2) is 8.55. The van der Waals surface area contributed by atoms with Crippen LogP contribution >= 0.6 is 23.4 Å². The summed E-state index contributed by atoms with van der Waals surface area (Å²) in [6.07, 6.45) is 0.512. The molecular weight excluding hydrogens is 338 g/mol. The Kier molecular flexibility index (Phi) is 6.17. The van der Waals surface area contributed by atoms with Crippen LogP contribution in [0.5, 0.6) is 0 Å². The number of hydrogen-bond acceptors (Lipinski definition) is 4. The number of halogens is 1. The summed E-state index contributed by atoms with van der Waals surface area (Å²) < 4.78 is 0. The zero-order valence-corrected chi connectivity index (χ0v) is 15.0. The third kappa shape index (κ3) is 4.31. The number of rotatable bonds is 5. The van der Waals surface area contributed by atoms with E-state index in [-0.39, 0.29) is 6.04 Å². The number of piperazine rings is 1. The van der Waals surface area contributed by atoms with Crippen LogP contribution in [0.1, 0.15) is 18.0 Å². The van der Waals surface area contributed by atoms with Gasteiger partial charge < -0.3 is 5.32 Å². The minimum atomic E-state index is 0.146. The molecule has 0 unspecified atom stereocenters. The van der Waals surface area contributed by atoms with Crippen molar-refractivity contribution in [3.05, 3.63) is 59.1 Å². The van der Waals surface area contributed by atoms with Gasteiger partial charge in [0.1, 0.15) is 0 Å². The van der Waals surface area contributed by atoms with Crippen LogP contribution in [0.2, 0.25) is 5.02 Å². The van der Waals surface area contributed by atoms with Crippen LogP contribution in [0, 0.1) is 11.3 Å². The lowest BCUT2D eigenvalue weighted by molar-refractivity contribution is 0.174. The largest absolute Gasteiger partial charge is 0.314 e. The maximum atomic E-state index is 9.33. The van der Waals surface area contributed by atoms with Crippen molar-refractivity contribution in [3.63, 3.8) is 0 Å². The van der Waals surface area contributed by atoms with Gasteiger partial charge in [0.05, 0.1) is 12.5 Å². The van der Waals surface area contributed by atoms with Crippen LogP contribution in [-0.2, 0) is 0 Å². The highest BCUT2D eigenvalue weighted by atomic mass is 35.5. The van der Waals surface area contributed by atoms with Gasteiger partial charge in [0.15, 0.2) is 0 Å². The number of benzene rings is 2. The molecule has 24 heavy (non-hydrogen) atoms. The molecule has 0 aromatic heterocycles. The third-order valence-electron chi connectivity index (χ3n) is 4.20. The zero-order valence-electron chi connectivity index (χ0n) is 13.4. The maximum absolute atomic E-state index is 9.33. The van der Waals surface area contributed by atoms with E-state index in [0.29, 0.717) is 6.42 Å². The van der Waals surface area contributed by atoms with Gasteiger partial charge in [0, 0.05) is 47.0 Å². The highest BCUT2D eigenvalue weighted by Gasteiger charge is 2.24. The molecule has 1 fully saturated rings. The van der Waals surface area contributed by atoms with E-state index in [1.807, 2.05) is 24.3 Å². The van der Waals surface area contributed by atoms with Gasteiger partial charge in [0.2, 0.25) is 0 Å². The molecule has 2 aromatic rings. The molecule has 5 heteroatoms. The molecule has 3 nitrogen and oxygen atoms in total. The van der Waals surface area contributed by atoms with E-state index in [4.69, 9.17) is 11.6 Å². The van der Waals surface area contributed by atoms with Crippen molar-refractivity contribution in [1.82, 2.24) is 10.2 Å². The van der Waals surface area contributed by atoms with Gasteiger partial charge in [-0.2, -0.15) is 5.26 Å². The number of hydrogen-bond donors (Lipinski definition) is 1. The summed E-state index contributed by atoms with van der Waals surface area (Å²) in [5.41, 5.74) is 1.24. The van der Waals surface area contributed by atoms with E-state index in [2.05, 4.69) is 40.6 Å². The van der Waals surface area contributed by atoms with Gasteiger partial charge >= 0.3 is 0 Å². The molecule has 1 N–H and O–H groups in total. The Morgan fingerprint density at radius 3 is 2.54 bits per heavy atom. The molecule has 1 saturated heterocycles. The molecule has 1 aliphatic heterocycles. The van der Waals surface area contributed by atoms with Crippen LogP contribution in [0.3, 0.4) is 0 Å². The van der Waals surface area contributed by atoms with Gasteiger partial charge in [-0.1, -0.05) is 41.6 Å². The molecule has 2 aromatic carbocycles. The molecule has 1 heterocycles. The van der Waals surface area contributed by atoms with Crippen molar-refractivity contribution in [2.24, 2.45) is 0 Å². The van der Waals surface area contributed by atoms with Gasteiger partial charge in [-0.25, -0.2) is 0 Å². The monoisotopic (exact) mass is 357 g/mol. The fraction of sp³-hybridized carbons (Fsp3) is 0.316. The van der Waals surface area contributed by atoms with Crippen molar-refractivity contribution in [3.8, 4) is 6.07 Å². The van der Waals surface area contributed by atoms with Crippen LogP contribution < -0.4 is 5.32 Å². The second-order valence-corrected chi connectivity index (χ2v) is 7.31. The van der Waals surface area contributed by atoms with E-state index in [0.717, 1.165) is 36.1 Å². The predicted molar refractivity (Wildman–Crippen MR) is 99.4 cm³/mol. The molecule has 0 radical (unpaired) electrons. The van der Waals surface area contributed by atoms with E-state index < -0.39 is 0 Å². The van der Waals surface area contributed by atoms with Crippen LogP contribution in [0.25, 0.3) is 0 Å². The quantitative estimate of drug-likeness (QED) is 0.863. The molecule has 0 spiro atoms. The Balaban J connectivity index is 1.88. The third-order valence-corrected chi connectivity index (χ3v) is 5.55. The molecule has 1 aliphatic rings. The molecule has 1 atom stereocenters. The maximum Gasteiger partial charge on any atom is 0.0641 e. The Bertz CT molecular complexity index is 705. The van der Waals surface area contributed by atoms with E-state index >= 15 is 0 Å². The zero-order chi connectivity index (χ0) is 16.8. The topological polar surface area (TPSA) is 39.1 Å². The van der Waals surface area contributed by atoms with Crippen LogP contribution in [0.15, 0.2) is 58.3 Å². The molecule has 0 amide bonds. The Labute approximate surface area is 152 Å². The van der Waals surface area contributed by atoms with Crippen molar-refractivity contribution in [2.75, 3.05) is 26.2 Å². The minimum Gasteiger partial charge on any atom is -0.314 e. The Hall–Kier alpha value is -1.51. The standard InChI is InChI=1S/C19H20ClN3S/c20-15-5-7-16(8-6-15)24-19-4-2-1-3-17(19)18(9-10-21)23-13-11-22-12-14-23/h1-8,18,22H,9,11-14H2/t18-/m0/s1. The summed E-state index contributed by atoms with van der Waals surface area (Å²) in [5.74, 6) is 0. The molecule has 0 bridgehead atoms. The number of nitrogens with one attached hydrogen (secondary N) is 1. The van der Waals surface area contributed by atoms with E-state index in [1.165, 1.54) is 10.5 Å². The summed E-state index contributed by atoms with van der Waals surface area (Å²) in [7, 11) is 0. The smallest absolute Gasteiger partial charge is 0.0641 e.